The van der Waals surface area contributed by atoms with Gasteiger partial charge in [-0.15, -0.1) is 11.3 Å². The summed E-state index contributed by atoms with van der Waals surface area (Å²) < 4.78 is 28.0. The summed E-state index contributed by atoms with van der Waals surface area (Å²) in [4.78, 5) is 12.0. The van der Waals surface area contributed by atoms with E-state index in [4.69, 9.17) is 11.6 Å². The van der Waals surface area contributed by atoms with E-state index in [1.165, 1.54) is 6.07 Å². The highest BCUT2D eigenvalue weighted by molar-refractivity contribution is 7.91. The molecule has 1 aromatic heterocycles. The van der Waals surface area contributed by atoms with Crippen LogP contribution in [-0.4, -0.2) is 14.4 Å². The molecular weight excluding hydrogens is 418 g/mol. The minimum atomic E-state index is -3.65. The molecule has 6 nitrogen and oxygen atoms in total. The van der Waals surface area contributed by atoms with E-state index in [1.54, 1.807) is 49.4 Å². The van der Waals surface area contributed by atoms with Gasteiger partial charge in [0.05, 0.1) is 4.34 Å². The number of amides is 2. The van der Waals surface area contributed by atoms with Gasteiger partial charge >= 0.3 is 6.03 Å². The van der Waals surface area contributed by atoms with E-state index in [9.17, 15) is 13.2 Å². The zero-order valence-corrected chi connectivity index (χ0v) is 17.2. The average molecular weight is 436 g/mol. The number of urea groups is 1. The van der Waals surface area contributed by atoms with Gasteiger partial charge in [-0.3, -0.25) is 0 Å². The van der Waals surface area contributed by atoms with Gasteiger partial charge in [0, 0.05) is 17.4 Å². The SMILES string of the molecule is C[C@H](NS(=O)(=O)c1ccc(Cl)s1)c1ccc(NC(=O)Nc2ccccc2)cc1. The number of anilines is 2. The Morgan fingerprint density at radius 2 is 1.54 bits per heavy atom. The topological polar surface area (TPSA) is 87.3 Å². The Morgan fingerprint density at radius 1 is 0.929 bits per heavy atom. The maximum absolute atomic E-state index is 12.4. The number of sulfonamides is 1. The van der Waals surface area contributed by atoms with Crippen LogP contribution in [0, 0.1) is 0 Å². The molecule has 0 saturated carbocycles. The van der Waals surface area contributed by atoms with Gasteiger partial charge in [0.15, 0.2) is 0 Å². The van der Waals surface area contributed by atoms with Crippen LogP contribution in [0.5, 0.6) is 0 Å². The van der Waals surface area contributed by atoms with Crippen molar-refractivity contribution in [1.29, 1.82) is 0 Å². The van der Waals surface area contributed by atoms with Crippen LogP contribution in [0.3, 0.4) is 0 Å². The summed E-state index contributed by atoms with van der Waals surface area (Å²) in [7, 11) is -3.65. The van der Waals surface area contributed by atoms with E-state index in [-0.39, 0.29) is 10.2 Å². The largest absolute Gasteiger partial charge is 0.323 e. The van der Waals surface area contributed by atoms with Crippen LogP contribution in [0.15, 0.2) is 70.9 Å². The third kappa shape index (κ3) is 5.32. The predicted molar refractivity (Wildman–Crippen MR) is 114 cm³/mol. The second-order valence-corrected chi connectivity index (χ2v) is 9.62. The van der Waals surface area contributed by atoms with Gasteiger partial charge in [-0.2, -0.15) is 0 Å². The Bertz CT molecular complexity index is 1050. The van der Waals surface area contributed by atoms with E-state index in [2.05, 4.69) is 15.4 Å². The molecule has 1 heterocycles. The molecule has 0 fully saturated rings. The van der Waals surface area contributed by atoms with Crippen molar-refractivity contribution in [1.82, 2.24) is 4.72 Å². The second kappa shape index (κ2) is 8.74. The second-order valence-electron chi connectivity index (χ2n) is 5.97. The first-order chi connectivity index (χ1) is 13.3. The van der Waals surface area contributed by atoms with Crippen molar-refractivity contribution in [3.63, 3.8) is 0 Å². The number of hydrogen-bond donors (Lipinski definition) is 3. The normalized spacial score (nSPS) is 12.4. The number of carbonyl (C=O) groups excluding carboxylic acids is 1. The highest BCUT2D eigenvalue weighted by atomic mass is 35.5. The smallest absolute Gasteiger partial charge is 0.308 e. The van der Waals surface area contributed by atoms with Gasteiger partial charge < -0.3 is 10.6 Å². The molecular formula is C19H18ClN3O3S2. The fourth-order valence-corrected chi connectivity index (χ4v) is 5.20. The molecule has 0 aliphatic heterocycles. The van der Waals surface area contributed by atoms with Crippen molar-refractivity contribution in [2.45, 2.75) is 17.2 Å². The summed E-state index contributed by atoms with van der Waals surface area (Å²) in [6.07, 6.45) is 0. The first-order valence-electron chi connectivity index (χ1n) is 8.34. The maximum atomic E-state index is 12.4. The van der Waals surface area contributed by atoms with Gasteiger partial charge in [0.25, 0.3) is 10.0 Å². The van der Waals surface area contributed by atoms with E-state index < -0.39 is 16.1 Å². The molecule has 0 aliphatic rings. The van der Waals surface area contributed by atoms with Gasteiger partial charge in [0.2, 0.25) is 0 Å². The standard InChI is InChI=1S/C19H18ClN3O3S2/c1-13(23-28(25,26)18-12-11-17(20)27-18)14-7-9-16(10-8-14)22-19(24)21-15-5-3-2-4-6-15/h2-13,23H,1H3,(H2,21,22,24)/t13-/m0/s1. The van der Waals surface area contributed by atoms with Crippen molar-refractivity contribution in [2.24, 2.45) is 0 Å². The molecule has 146 valence electrons. The average Bonchev–Trinajstić information content (AvgIpc) is 3.10. The van der Waals surface area contributed by atoms with Crippen molar-refractivity contribution in [2.75, 3.05) is 10.6 Å². The number of hydrogen-bond acceptors (Lipinski definition) is 4. The molecule has 3 N–H and O–H groups in total. The van der Waals surface area contributed by atoms with Crippen LogP contribution in [0.1, 0.15) is 18.5 Å². The summed E-state index contributed by atoms with van der Waals surface area (Å²) >= 11 is 6.82. The van der Waals surface area contributed by atoms with Crippen LogP contribution in [0.2, 0.25) is 4.34 Å². The van der Waals surface area contributed by atoms with Crippen LogP contribution in [0.4, 0.5) is 16.2 Å². The molecule has 0 radical (unpaired) electrons. The zero-order chi connectivity index (χ0) is 20.1. The number of halogens is 1. The van der Waals surface area contributed by atoms with E-state index >= 15 is 0 Å². The molecule has 0 saturated heterocycles. The van der Waals surface area contributed by atoms with Gasteiger partial charge in [-0.1, -0.05) is 41.9 Å². The maximum Gasteiger partial charge on any atom is 0.323 e. The lowest BCUT2D eigenvalue weighted by atomic mass is 10.1. The summed E-state index contributed by atoms with van der Waals surface area (Å²) in [6, 6.07) is 18.3. The zero-order valence-electron chi connectivity index (χ0n) is 14.8. The van der Waals surface area contributed by atoms with Crippen molar-refractivity contribution < 1.29 is 13.2 Å². The fourth-order valence-electron chi connectivity index (χ4n) is 2.47. The van der Waals surface area contributed by atoms with Crippen molar-refractivity contribution in [3.05, 3.63) is 76.6 Å². The molecule has 2 aromatic carbocycles. The summed E-state index contributed by atoms with van der Waals surface area (Å²) in [6.45, 7) is 1.75. The van der Waals surface area contributed by atoms with Gasteiger partial charge in [-0.05, 0) is 48.9 Å². The Hall–Kier alpha value is -2.39. The van der Waals surface area contributed by atoms with Gasteiger partial charge in [-0.25, -0.2) is 17.9 Å². The van der Waals surface area contributed by atoms with E-state index in [0.29, 0.717) is 15.7 Å². The molecule has 28 heavy (non-hydrogen) atoms. The lowest BCUT2D eigenvalue weighted by Crippen LogP contribution is -2.26. The Morgan fingerprint density at radius 3 is 2.11 bits per heavy atom. The molecule has 2 amide bonds. The summed E-state index contributed by atoms with van der Waals surface area (Å²) in [5.41, 5.74) is 2.05. The lowest BCUT2D eigenvalue weighted by molar-refractivity contribution is 0.262. The van der Waals surface area contributed by atoms with Crippen molar-refractivity contribution >= 4 is 50.4 Å². The first-order valence-corrected chi connectivity index (χ1v) is 11.0. The first kappa shape index (κ1) is 20.3. The minimum absolute atomic E-state index is 0.167. The third-order valence-electron chi connectivity index (χ3n) is 3.85. The Kier molecular flexibility index (Phi) is 6.35. The Balaban J connectivity index is 1.61. The number of nitrogens with one attached hydrogen (secondary N) is 3. The number of benzene rings is 2. The van der Waals surface area contributed by atoms with E-state index in [1.807, 2.05) is 18.2 Å². The number of para-hydroxylation sites is 1. The molecule has 1 atom stereocenters. The third-order valence-corrected chi connectivity index (χ3v) is 7.11. The van der Waals surface area contributed by atoms with Crippen LogP contribution in [0.25, 0.3) is 0 Å². The quantitative estimate of drug-likeness (QED) is 0.504. The summed E-state index contributed by atoms with van der Waals surface area (Å²) in [5.74, 6) is 0. The highest BCUT2D eigenvalue weighted by Crippen LogP contribution is 2.27. The molecule has 3 rings (SSSR count). The predicted octanol–water partition coefficient (Wildman–Crippen LogP) is 5.09. The lowest BCUT2D eigenvalue weighted by Gasteiger charge is -2.14. The molecule has 0 bridgehead atoms. The monoisotopic (exact) mass is 435 g/mol. The van der Waals surface area contributed by atoms with Crippen LogP contribution in [-0.2, 0) is 10.0 Å². The molecule has 0 unspecified atom stereocenters. The number of carbonyl (C=O) groups is 1. The number of thiophene rings is 1. The van der Waals surface area contributed by atoms with Gasteiger partial charge in [0.1, 0.15) is 4.21 Å². The molecule has 3 aromatic rings. The summed E-state index contributed by atoms with van der Waals surface area (Å²) in [5, 5.41) is 5.46. The Labute approximate surface area is 172 Å². The molecule has 9 heteroatoms. The number of rotatable bonds is 6. The molecule has 0 aliphatic carbocycles. The van der Waals surface area contributed by atoms with Crippen LogP contribution >= 0.6 is 22.9 Å². The van der Waals surface area contributed by atoms with Crippen molar-refractivity contribution in [3.8, 4) is 0 Å². The highest BCUT2D eigenvalue weighted by Gasteiger charge is 2.20. The fraction of sp³-hybridized carbons (Fsp3) is 0.105. The molecule has 0 spiro atoms. The minimum Gasteiger partial charge on any atom is -0.308 e. The van der Waals surface area contributed by atoms with E-state index in [0.717, 1.165) is 16.9 Å². The van der Waals surface area contributed by atoms with Crippen LogP contribution < -0.4 is 15.4 Å².